The number of urea groups is 1. The molecule has 0 bridgehead atoms. The summed E-state index contributed by atoms with van der Waals surface area (Å²) in [5.41, 5.74) is 4.54. The van der Waals surface area contributed by atoms with Gasteiger partial charge in [0.25, 0.3) is 0 Å². The number of rotatable bonds is 4. The number of amides is 2. The van der Waals surface area contributed by atoms with Crippen LogP contribution in [0.1, 0.15) is 17.0 Å². The predicted octanol–water partition coefficient (Wildman–Crippen LogP) is 2.10. The van der Waals surface area contributed by atoms with E-state index in [1.807, 2.05) is 36.9 Å². The van der Waals surface area contributed by atoms with Crippen molar-refractivity contribution in [1.29, 1.82) is 0 Å². The van der Waals surface area contributed by atoms with Crippen molar-refractivity contribution in [2.45, 2.75) is 20.3 Å². The summed E-state index contributed by atoms with van der Waals surface area (Å²) in [6.07, 6.45) is 0.861. The van der Waals surface area contributed by atoms with E-state index in [9.17, 15) is 4.79 Å². The van der Waals surface area contributed by atoms with Gasteiger partial charge in [0.05, 0.1) is 17.1 Å². The van der Waals surface area contributed by atoms with Crippen LogP contribution in [0.4, 0.5) is 10.5 Å². The highest BCUT2D eigenvalue weighted by Crippen LogP contribution is 2.23. The average molecular weight is 327 g/mol. The van der Waals surface area contributed by atoms with Gasteiger partial charge in [-0.05, 0) is 25.8 Å². The van der Waals surface area contributed by atoms with Crippen molar-refractivity contribution in [1.82, 2.24) is 20.4 Å². The molecule has 0 saturated carbocycles. The highest BCUT2D eigenvalue weighted by molar-refractivity contribution is 5.74. The zero-order valence-electron chi connectivity index (χ0n) is 14.4. The Morgan fingerprint density at radius 1 is 1.17 bits per heavy atom. The molecule has 1 aromatic heterocycles. The van der Waals surface area contributed by atoms with Crippen LogP contribution < -0.4 is 10.2 Å². The number of aromatic nitrogens is 2. The van der Waals surface area contributed by atoms with Gasteiger partial charge < -0.3 is 15.1 Å². The van der Waals surface area contributed by atoms with E-state index in [-0.39, 0.29) is 6.03 Å². The summed E-state index contributed by atoms with van der Waals surface area (Å²) in [6, 6.07) is 10.3. The van der Waals surface area contributed by atoms with E-state index in [1.54, 1.807) is 0 Å². The van der Waals surface area contributed by atoms with Gasteiger partial charge in [-0.25, -0.2) is 4.79 Å². The summed E-state index contributed by atoms with van der Waals surface area (Å²) in [4.78, 5) is 16.5. The van der Waals surface area contributed by atoms with Crippen molar-refractivity contribution in [2.75, 3.05) is 37.6 Å². The molecule has 1 aliphatic heterocycles. The maximum atomic E-state index is 12.3. The van der Waals surface area contributed by atoms with Gasteiger partial charge in [0.15, 0.2) is 0 Å². The van der Waals surface area contributed by atoms with Crippen LogP contribution in [0.5, 0.6) is 0 Å². The minimum absolute atomic E-state index is 0.0335. The monoisotopic (exact) mass is 327 g/mol. The lowest BCUT2D eigenvalue weighted by atomic mass is 10.1. The van der Waals surface area contributed by atoms with Crippen LogP contribution in [0, 0.1) is 13.8 Å². The molecule has 1 fully saturated rings. The van der Waals surface area contributed by atoms with Crippen molar-refractivity contribution in [3.63, 3.8) is 0 Å². The Labute approximate surface area is 142 Å². The van der Waals surface area contributed by atoms with Gasteiger partial charge in [-0.1, -0.05) is 30.3 Å². The van der Waals surface area contributed by atoms with E-state index < -0.39 is 0 Å². The molecule has 2 aromatic rings. The molecule has 6 heteroatoms. The topological polar surface area (TPSA) is 64.3 Å². The second-order valence-corrected chi connectivity index (χ2v) is 6.22. The number of piperazine rings is 1. The average Bonchev–Trinajstić information content (AvgIpc) is 2.94. The van der Waals surface area contributed by atoms with Gasteiger partial charge in [-0.3, -0.25) is 5.10 Å². The lowest BCUT2D eigenvalue weighted by Gasteiger charge is -2.36. The molecule has 0 spiro atoms. The molecule has 1 aromatic carbocycles. The van der Waals surface area contributed by atoms with E-state index in [1.165, 1.54) is 11.3 Å². The standard InChI is InChI=1S/C18H25N5O/c1-14-17(15(2)21-20-14)22-10-12-23(13-11-22)18(24)19-9-8-16-6-4-3-5-7-16/h3-7H,8-13H2,1-2H3,(H,19,24)(H,20,21). The van der Waals surface area contributed by atoms with Crippen molar-refractivity contribution in [3.8, 4) is 0 Å². The molecule has 1 saturated heterocycles. The number of aromatic amines is 1. The van der Waals surface area contributed by atoms with Crippen LogP contribution in [-0.2, 0) is 6.42 Å². The molecule has 2 N–H and O–H groups in total. The SMILES string of the molecule is Cc1n[nH]c(C)c1N1CCN(C(=O)NCCc2ccccc2)CC1. The molecule has 1 aliphatic rings. The number of anilines is 1. The molecule has 128 valence electrons. The number of carbonyl (C=O) groups is 1. The quantitative estimate of drug-likeness (QED) is 0.904. The van der Waals surface area contributed by atoms with Crippen LogP contribution in [0.25, 0.3) is 0 Å². The number of H-pyrrole nitrogens is 1. The summed E-state index contributed by atoms with van der Waals surface area (Å²) < 4.78 is 0. The van der Waals surface area contributed by atoms with Gasteiger partial charge >= 0.3 is 6.03 Å². The number of hydrogen-bond acceptors (Lipinski definition) is 3. The third-order valence-electron chi connectivity index (χ3n) is 4.51. The van der Waals surface area contributed by atoms with Crippen LogP contribution in [-0.4, -0.2) is 53.9 Å². The van der Waals surface area contributed by atoms with Gasteiger partial charge in [-0.15, -0.1) is 0 Å². The molecule has 24 heavy (non-hydrogen) atoms. The van der Waals surface area contributed by atoms with Crippen LogP contribution >= 0.6 is 0 Å². The molecule has 0 unspecified atom stereocenters. The summed E-state index contributed by atoms with van der Waals surface area (Å²) >= 11 is 0. The fraction of sp³-hybridized carbons (Fsp3) is 0.444. The number of benzene rings is 1. The Balaban J connectivity index is 1.45. The number of hydrogen-bond donors (Lipinski definition) is 2. The Kier molecular flexibility index (Phi) is 5.03. The van der Waals surface area contributed by atoms with Crippen LogP contribution in [0.15, 0.2) is 30.3 Å². The minimum atomic E-state index is 0.0335. The van der Waals surface area contributed by atoms with E-state index in [4.69, 9.17) is 0 Å². The maximum Gasteiger partial charge on any atom is 0.317 e. The lowest BCUT2D eigenvalue weighted by Crippen LogP contribution is -2.52. The van der Waals surface area contributed by atoms with Crippen molar-refractivity contribution >= 4 is 11.7 Å². The molecule has 2 amide bonds. The van der Waals surface area contributed by atoms with Crippen molar-refractivity contribution in [3.05, 3.63) is 47.3 Å². The second-order valence-electron chi connectivity index (χ2n) is 6.22. The maximum absolute atomic E-state index is 12.3. The largest absolute Gasteiger partial charge is 0.365 e. The second kappa shape index (κ2) is 7.38. The third kappa shape index (κ3) is 3.69. The van der Waals surface area contributed by atoms with E-state index in [0.29, 0.717) is 6.54 Å². The van der Waals surface area contributed by atoms with Crippen molar-refractivity contribution in [2.24, 2.45) is 0 Å². The summed E-state index contributed by atoms with van der Waals surface area (Å²) in [5.74, 6) is 0. The number of aryl methyl sites for hydroxylation is 2. The Morgan fingerprint density at radius 2 is 1.88 bits per heavy atom. The van der Waals surface area contributed by atoms with E-state index >= 15 is 0 Å². The number of nitrogens with zero attached hydrogens (tertiary/aromatic N) is 3. The normalized spacial score (nSPS) is 14.8. The molecule has 6 nitrogen and oxygen atoms in total. The van der Waals surface area contributed by atoms with E-state index in [0.717, 1.165) is 44.0 Å². The first-order chi connectivity index (χ1) is 11.6. The van der Waals surface area contributed by atoms with Crippen LogP contribution in [0.2, 0.25) is 0 Å². The Morgan fingerprint density at radius 3 is 2.50 bits per heavy atom. The first kappa shape index (κ1) is 16.4. The molecule has 2 heterocycles. The zero-order valence-corrected chi connectivity index (χ0v) is 14.4. The summed E-state index contributed by atoms with van der Waals surface area (Å²) in [5, 5.41) is 10.3. The highest BCUT2D eigenvalue weighted by Gasteiger charge is 2.23. The summed E-state index contributed by atoms with van der Waals surface area (Å²) in [7, 11) is 0. The Hall–Kier alpha value is -2.50. The van der Waals surface area contributed by atoms with Gasteiger partial charge in [0, 0.05) is 32.7 Å². The molecule has 0 radical (unpaired) electrons. The van der Waals surface area contributed by atoms with Crippen molar-refractivity contribution < 1.29 is 4.79 Å². The zero-order chi connectivity index (χ0) is 16.9. The first-order valence-corrected chi connectivity index (χ1v) is 8.48. The lowest BCUT2D eigenvalue weighted by molar-refractivity contribution is 0.194. The molecular formula is C18H25N5O. The van der Waals surface area contributed by atoms with Gasteiger partial charge in [0.1, 0.15) is 0 Å². The molecule has 0 aliphatic carbocycles. The minimum Gasteiger partial charge on any atom is -0.365 e. The first-order valence-electron chi connectivity index (χ1n) is 8.48. The molecular weight excluding hydrogens is 302 g/mol. The Bertz CT molecular complexity index is 654. The van der Waals surface area contributed by atoms with E-state index in [2.05, 4.69) is 32.5 Å². The third-order valence-corrected chi connectivity index (χ3v) is 4.51. The summed E-state index contributed by atoms with van der Waals surface area (Å²) in [6.45, 7) is 7.88. The molecule has 3 rings (SSSR count). The predicted molar refractivity (Wildman–Crippen MR) is 95.4 cm³/mol. The highest BCUT2D eigenvalue weighted by atomic mass is 16.2. The number of carbonyl (C=O) groups excluding carboxylic acids is 1. The van der Waals surface area contributed by atoms with Gasteiger partial charge in [-0.2, -0.15) is 5.10 Å². The fourth-order valence-corrected chi connectivity index (χ4v) is 3.21. The number of nitrogens with one attached hydrogen (secondary N) is 2. The molecule has 0 atom stereocenters. The van der Waals surface area contributed by atoms with Crippen LogP contribution in [0.3, 0.4) is 0 Å². The van der Waals surface area contributed by atoms with Gasteiger partial charge in [0.2, 0.25) is 0 Å². The fourth-order valence-electron chi connectivity index (χ4n) is 3.21. The smallest absolute Gasteiger partial charge is 0.317 e.